The fraction of sp³-hybridized carbons (Fsp3) is 0.647. The van der Waals surface area contributed by atoms with E-state index < -0.39 is 0 Å². The van der Waals surface area contributed by atoms with Gasteiger partial charge in [0.2, 0.25) is 0 Å². The minimum atomic E-state index is 0.474. The van der Waals surface area contributed by atoms with E-state index in [0.29, 0.717) is 12.6 Å². The molecule has 0 spiro atoms. The molecule has 0 unspecified atom stereocenters. The van der Waals surface area contributed by atoms with Gasteiger partial charge in [0.15, 0.2) is 11.5 Å². The molecule has 1 aromatic carbocycles. The van der Waals surface area contributed by atoms with Gasteiger partial charge in [-0.2, -0.15) is 0 Å². The highest BCUT2D eigenvalue weighted by molar-refractivity contribution is 5.44. The standard InChI is InChI=1S/C17H28N2O2/c1-4-6-15(19-11-9-18-10-12-19)14-7-8-16(21-5-2)17(13-14)20-3/h7-8,13,15,18H,4-6,9-12H2,1-3H3/t15-/m0/s1. The summed E-state index contributed by atoms with van der Waals surface area (Å²) in [6.07, 6.45) is 2.36. The normalized spacial score (nSPS) is 17.5. The highest BCUT2D eigenvalue weighted by Gasteiger charge is 2.22. The lowest BCUT2D eigenvalue weighted by atomic mass is 9.99. The van der Waals surface area contributed by atoms with E-state index in [0.717, 1.165) is 37.7 Å². The molecule has 4 nitrogen and oxygen atoms in total. The number of methoxy groups -OCH3 is 1. The molecule has 1 aliphatic heterocycles. The first-order valence-corrected chi connectivity index (χ1v) is 8.05. The summed E-state index contributed by atoms with van der Waals surface area (Å²) in [6.45, 7) is 9.28. The molecular weight excluding hydrogens is 264 g/mol. The van der Waals surface area contributed by atoms with E-state index >= 15 is 0 Å². The zero-order valence-electron chi connectivity index (χ0n) is 13.5. The van der Waals surface area contributed by atoms with Crippen LogP contribution in [0.2, 0.25) is 0 Å². The van der Waals surface area contributed by atoms with Crippen molar-refractivity contribution in [3.63, 3.8) is 0 Å². The van der Waals surface area contributed by atoms with E-state index in [2.05, 4.69) is 29.3 Å². The monoisotopic (exact) mass is 292 g/mol. The number of piperazine rings is 1. The van der Waals surface area contributed by atoms with E-state index in [9.17, 15) is 0 Å². The maximum Gasteiger partial charge on any atom is 0.161 e. The van der Waals surface area contributed by atoms with Gasteiger partial charge in [0.1, 0.15) is 0 Å². The molecule has 4 heteroatoms. The Bertz CT molecular complexity index is 431. The third-order valence-electron chi connectivity index (χ3n) is 4.03. The summed E-state index contributed by atoms with van der Waals surface area (Å²) in [5, 5.41) is 3.43. The van der Waals surface area contributed by atoms with Crippen LogP contribution in [-0.4, -0.2) is 44.8 Å². The van der Waals surface area contributed by atoms with E-state index in [1.165, 1.54) is 18.4 Å². The highest BCUT2D eigenvalue weighted by atomic mass is 16.5. The van der Waals surface area contributed by atoms with Gasteiger partial charge in [0, 0.05) is 32.2 Å². The molecule has 2 rings (SSSR count). The van der Waals surface area contributed by atoms with Gasteiger partial charge in [0.25, 0.3) is 0 Å². The van der Waals surface area contributed by atoms with Gasteiger partial charge in [-0.15, -0.1) is 0 Å². The zero-order chi connectivity index (χ0) is 15.1. The summed E-state index contributed by atoms with van der Waals surface area (Å²) >= 11 is 0. The van der Waals surface area contributed by atoms with Gasteiger partial charge in [-0.25, -0.2) is 0 Å². The Morgan fingerprint density at radius 1 is 1.19 bits per heavy atom. The highest BCUT2D eigenvalue weighted by Crippen LogP contribution is 2.34. The first kappa shape index (κ1) is 16.1. The lowest BCUT2D eigenvalue weighted by Crippen LogP contribution is -2.45. The van der Waals surface area contributed by atoms with E-state index in [1.54, 1.807) is 7.11 Å². The van der Waals surface area contributed by atoms with Crippen molar-refractivity contribution >= 4 is 0 Å². The smallest absolute Gasteiger partial charge is 0.161 e. The average molecular weight is 292 g/mol. The van der Waals surface area contributed by atoms with E-state index in [1.807, 2.05) is 13.0 Å². The summed E-state index contributed by atoms with van der Waals surface area (Å²) in [7, 11) is 1.71. The molecule has 1 atom stereocenters. The Balaban J connectivity index is 2.22. The number of nitrogens with zero attached hydrogens (tertiary/aromatic N) is 1. The van der Waals surface area contributed by atoms with Crippen molar-refractivity contribution in [3.05, 3.63) is 23.8 Å². The quantitative estimate of drug-likeness (QED) is 0.838. The third-order valence-corrected chi connectivity index (χ3v) is 4.03. The molecule has 1 fully saturated rings. The van der Waals surface area contributed by atoms with Gasteiger partial charge in [-0.3, -0.25) is 4.90 Å². The van der Waals surface area contributed by atoms with Crippen LogP contribution in [0.25, 0.3) is 0 Å². The second kappa shape index (κ2) is 8.25. The predicted octanol–water partition coefficient (Wildman–Crippen LogP) is 2.84. The van der Waals surface area contributed by atoms with Crippen LogP contribution in [0.4, 0.5) is 0 Å². The van der Waals surface area contributed by atoms with Crippen LogP contribution in [0, 0.1) is 0 Å². The molecule has 1 aliphatic rings. The molecule has 0 radical (unpaired) electrons. The van der Waals surface area contributed by atoms with Gasteiger partial charge in [-0.1, -0.05) is 19.4 Å². The number of hydrogen-bond acceptors (Lipinski definition) is 4. The predicted molar refractivity (Wildman–Crippen MR) is 86.3 cm³/mol. The lowest BCUT2D eigenvalue weighted by molar-refractivity contribution is 0.164. The van der Waals surface area contributed by atoms with Crippen LogP contribution in [0.15, 0.2) is 18.2 Å². The van der Waals surface area contributed by atoms with E-state index in [-0.39, 0.29) is 0 Å². The zero-order valence-corrected chi connectivity index (χ0v) is 13.5. The second-order valence-corrected chi connectivity index (χ2v) is 5.43. The third kappa shape index (κ3) is 4.11. The first-order chi connectivity index (χ1) is 10.3. The molecule has 0 saturated carbocycles. The van der Waals surface area contributed by atoms with Crippen LogP contribution in [-0.2, 0) is 0 Å². The molecule has 1 aromatic rings. The van der Waals surface area contributed by atoms with Crippen molar-refractivity contribution in [3.8, 4) is 11.5 Å². The Labute approximate surface area is 128 Å². The average Bonchev–Trinajstić information content (AvgIpc) is 2.54. The minimum absolute atomic E-state index is 0.474. The summed E-state index contributed by atoms with van der Waals surface area (Å²) in [4.78, 5) is 2.58. The van der Waals surface area contributed by atoms with Crippen LogP contribution in [0.3, 0.4) is 0 Å². The maximum atomic E-state index is 5.62. The molecule has 0 aliphatic carbocycles. The van der Waals surface area contributed by atoms with E-state index in [4.69, 9.17) is 9.47 Å². The van der Waals surface area contributed by atoms with Gasteiger partial charge in [0.05, 0.1) is 13.7 Å². The fourth-order valence-electron chi connectivity index (χ4n) is 2.99. The summed E-state index contributed by atoms with van der Waals surface area (Å²) in [5.41, 5.74) is 1.33. The summed E-state index contributed by atoms with van der Waals surface area (Å²) in [5.74, 6) is 1.67. The maximum absolute atomic E-state index is 5.62. The Morgan fingerprint density at radius 3 is 2.57 bits per heavy atom. The number of rotatable bonds is 7. The van der Waals surface area contributed by atoms with Crippen molar-refractivity contribution in [2.75, 3.05) is 39.9 Å². The minimum Gasteiger partial charge on any atom is -0.493 e. The molecule has 1 saturated heterocycles. The van der Waals surface area contributed by atoms with Crippen LogP contribution in [0.1, 0.15) is 38.3 Å². The Hall–Kier alpha value is -1.26. The molecule has 0 bridgehead atoms. The second-order valence-electron chi connectivity index (χ2n) is 5.43. The van der Waals surface area contributed by atoms with Crippen LogP contribution < -0.4 is 14.8 Å². The summed E-state index contributed by atoms with van der Waals surface area (Å²) in [6, 6.07) is 6.85. The number of ether oxygens (including phenoxy) is 2. The lowest BCUT2D eigenvalue weighted by Gasteiger charge is -2.35. The van der Waals surface area contributed by atoms with Crippen molar-refractivity contribution in [1.29, 1.82) is 0 Å². The molecule has 0 aromatic heterocycles. The molecule has 21 heavy (non-hydrogen) atoms. The molecule has 1 N–H and O–H groups in total. The molecule has 0 amide bonds. The van der Waals surface area contributed by atoms with Crippen LogP contribution >= 0.6 is 0 Å². The number of benzene rings is 1. The topological polar surface area (TPSA) is 33.7 Å². The molecule has 1 heterocycles. The van der Waals surface area contributed by atoms with Gasteiger partial charge < -0.3 is 14.8 Å². The number of nitrogens with one attached hydrogen (secondary N) is 1. The number of hydrogen-bond donors (Lipinski definition) is 1. The van der Waals surface area contributed by atoms with Crippen molar-refractivity contribution in [2.24, 2.45) is 0 Å². The van der Waals surface area contributed by atoms with Gasteiger partial charge in [-0.05, 0) is 31.0 Å². The van der Waals surface area contributed by atoms with Crippen molar-refractivity contribution in [2.45, 2.75) is 32.7 Å². The molecule has 118 valence electrons. The largest absolute Gasteiger partial charge is 0.493 e. The van der Waals surface area contributed by atoms with Crippen molar-refractivity contribution in [1.82, 2.24) is 10.2 Å². The Kier molecular flexibility index (Phi) is 6.33. The SMILES string of the molecule is CCC[C@@H](c1ccc(OCC)c(OC)c1)N1CCNCC1. The van der Waals surface area contributed by atoms with Crippen LogP contribution in [0.5, 0.6) is 11.5 Å². The summed E-state index contributed by atoms with van der Waals surface area (Å²) < 4.78 is 11.1. The fourth-order valence-corrected chi connectivity index (χ4v) is 2.99. The molecular formula is C17H28N2O2. The van der Waals surface area contributed by atoms with Gasteiger partial charge >= 0.3 is 0 Å². The Morgan fingerprint density at radius 2 is 1.95 bits per heavy atom. The first-order valence-electron chi connectivity index (χ1n) is 8.05. The van der Waals surface area contributed by atoms with Crippen molar-refractivity contribution < 1.29 is 9.47 Å².